The molecule has 3 N–H and O–H groups in total. The van der Waals surface area contributed by atoms with E-state index < -0.39 is 10.0 Å². The van der Waals surface area contributed by atoms with Gasteiger partial charge < -0.3 is 10.2 Å². The molecule has 116 valence electrons. The molecule has 0 radical (unpaired) electrons. The van der Waals surface area contributed by atoms with Gasteiger partial charge in [-0.25, -0.2) is 13.1 Å². The molecule has 0 aliphatic heterocycles. The molecule has 7 nitrogen and oxygen atoms in total. The van der Waals surface area contributed by atoms with E-state index in [1.807, 2.05) is 39.8 Å². The van der Waals surface area contributed by atoms with Gasteiger partial charge in [0, 0.05) is 24.2 Å². The van der Waals surface area contributed by atoms with Gasteiger partial charge in [-0.2, -0.15) is 5.10 Å². The summed E-state index contributed by atoms with van der Waals surface area (Å²) >= 11 is 0. The summed E-state index contributed by atoms with van der Waals surface area (Å²) in [5.74, 6) is 0. The van der Waals surface area contributed by atoms with Crippen molar-refractivity contribution >= 4 is 10.0 Å². The molecule has 1 rings (SSSR count). The number of nitrogens with one attached hydrogen (secondary N) is 3. The van der Waals surface area contributed by atoms with Crippen molar-refractivity contribution in [1.29, 1.82) is 0 Å². The quantitative estimate of drug-likeness (QED) is 0.635. The second-order valence-corrected chi connectivity index (χ2v) is 7.24. The third-order valence-corrected chi connectivity index (χ3v) is 4.83. The Morgan fingerprint density at radius 1 is 1.40 bits per heavy atom. The average molecular weight is 303 g/mol. The van der Waals surface area contributed by atoms with Gasteiger partial charge in [-0.3, -0.25) is 5.10 Å². The molecule has 0 aliphatic rings. The molecular formula is C12H25N5O2S. The number of rotatable bonds is 8. The van der Waals surface area contributed by atoms with Crippen LogP contribution in [0.25, 0.3) is 0 Å². The van der Waals surface area contributed by atoms with Crippen LogP contribution in [0.1, 0.15) is 26.3 Å². The van der Waals surface area contributed by atoms with Gasteiger partial charge in [0.15, 0.2) is 5.03 Å². The van der Waals surface area contributed by atoms with Crippen LogP contribution >= 0.6 is 0 Å². The predicted octanol–water partition coefficient (Wildman–Crippen LogP) is 0.138. The fourth-order valence-electron chi connectivity index (χ4n) is 1.42. The normalized spacial score (nSPS) is 13.1. The number of sulfonamides is 1. The van der Waals surface area contributed by atoms with Crippen molar-refractivity contribution in [2.75, 3.05) is 27.2 Å². The molecule has 0 saturated carbocycles. The number of nitrogens with zero attached hydrogens (tertiary/aromatic N) is 2. The predicted molar refractivity (Wildman–Crippen MR) is 78.9 cm³/mol. The molecule has 1 aromatic heterocycles. The lowest BCUT2D eigenvalue weighted by Crippen LogP contribution is -2.48. The molecule has 0 unspecified atom stereocenters. The molecule has 0 saturated heterocycles. The minimum absolute atomic E-state index is 0.132. The van der Waals surface area contributed by atoms with E-state index in [-0.39, 0.29) is 10.6 Å². The van der Waals surface area contributed by atoms with Crippen LogP contribution < -0.4 is 10.0 Å². The van der Waals surface area contributed by atoms with Gasteiger partial charge in [0.2, 0.25) is 0 Å². The van der Waals surface area contributed by atoms with E-state index in [2.05, 4.69) is 20.2 Å². The second kappa shape index (κ2) is 6.66. The standard InChI is InChI=1S/C12H25N5O2S/c1-6-13-7-10-8-14-16-11(10)20(18,19)15-9-12(2,3)17(4)5/h8,13,15H,6-7,9H2,1-5H3,(H,14,16). The summed E-state index contributed by atoms with van der Waals surface area (Å²) in [4.78, 5) is 1.97. The van der Waals surface area contributed by atoms with E-state index in [9.17, 15) is 8.42 Å². The van der Waals surface area contributed by atoms with Gasteiger partial charge in [0.25, 0.3) is 10.0 Å². The zero-order chi connectivity index (χ0) is 15.4. The van der Waals surface area contributed by atoms with E-state index in [1.165, 1.54) is 6.20 Å². The fraction of sp³-hybridized carbons (Fsp3) is 0.750. The van der Waals surface area contributed by atoms with Crippen molar-refractivity contribution in [3.63, 3.8) is 0 Å². The Bertz CT molecular complexity index is 522. The summed E-state index contributed by atoms with van der Waals surface area (Å²) in [5, 5.41) is 9.62. The van der Waals surface area contributed by atoms with E-state index in [0.717, 1.165) is 6.54 Å². The largest absolute Gasteiger partial charge is 0.313 e. The Balaban J connectivity index is 2.82. The monoisotopic (exact) mass is 303 g/mol. The molecule has 8 heteroatoms. The first-order chi connectivity index (χ1) is 9.20. The maximum absolute atomic E-state index is 12.3. The minimum Gasteiger partial charge on any atom is -0.313 e. The first-order valence-corrected chi connectivity index (χ1v) is 8.09. The molecule has 0 aromatic carbocycles. The highest BCUT2D eigenvalue weighted by Gasteiger charge is 2.26. The Morgan fingerprint density at radius 3 is 2.60 bits per heavy atom. The molecule has 0 atom stereocenters. The molecule has 1 aromatic rings. The summed E-state index contributed by atoms with van der Waals surface area (Å²) in [6.07, 6.45) is 1.54. The lowest BCUT2D eigenvalue weighted by atomic mass is 10.1. The van der Waals surface area contributed by atoms with Crippen molar-refractivity contribution in [2.24, 2.45) is 0 Å². The third kappa shape index (κ3) is 4.27. The van der Waals surface area contributed by atoms with Gasteiger partial charge in [-0.05, 0) is 34.5 Å². The van der Waals surface area contributed by atoms with Crippen LogP contribution in [0, 0.1) is 0 Å². The van der Waals surface area contributed by atoms with Gasteiger partial charge in [0.05, 0.1) is 6.20 Å². The highest BCUT2D eigenvalue weighted by Crippen LogP contribution is 2.14. The number of H-pyrrole nitrogens is 1. The van der Waals surface area contributed by atoms with Crippen molar-refractivity contribution in [1.82, 2.24) is 25.1 Å². The van der Waals surface area contributed by atoms with E-state index in [4.69, 9.17) is 0 Å². The average Bonchev–Trinajstić information content (AvgIpc) is 2.83. The van der Waals surface area contributed by atoms with Crippen LogP contribution in [0.5, 0.6) is 0 Å². The minimum atomic E-state index is -3.58. The first kappa shape index (κ1) is 17.1. The fourth-order valence-corrected chi connectivity index (χ4v) is 2.75. The molecule has 1 heterocycles. The SMILES string of the molecule is CCNCc1cn[nH]c1S(=O)(=O)NCC(C)(C)N(C)C. The van der Waals surface area contributed by atoms with E-state index in [1.54, 1.807) is 0 Å². The number of hydrogen-bond donors (Lipinski definition) is 3. The smallest absolute Gasteiger partial charge is 0.257 e. The molecule has 20 heavy (non-hydrogen) atoms. The Kier molecular flexibility index (Phi) is 5.69. The van der Waals surface area contributed by atoms with Crippen LogP contribution in [0.3, 0.4) is 0 Å². The summed E-state index contributed by atoms with van der Waals surface area (Å²) in [6.45, 7) is 7.48. The maximum atomic E-state index is 12.3. The van der Waals surface area contributed by atoms with E-state index >= 15 is 0 Å². The van der Waals surface area contributed by atoms with Crippen LogP contribution in [-0.4, -0.2) is 56.2 Å². The molecular weight excluding hydrogens is 278 g/mol. The highest BCUT2D eigenvalue weighted by molar-refractivity contribution is 7.89. The summed E-state index contributed by atoms with van der Waals surface area (Å²) in [7, 11) is 0.256. The lowest BCUT2D eigenvalue weighted by molar-refractivity contribution is 0.199. The molecule has 0 bridgehead atoms. The Labute approximate surface area is 121 Å². The Hall–Kier alpha value is -0.960. The van der Waals surface area contributed by atoms with Gasteiger partial charge in [0.1, 0.15) is 0 Å². The summed E-state index contributed by atoms with van der Waals surface area (Å²) in [6, 6.07) is 0. The van der Waals surface area contributed by atoms with Crippen molar-refractivity contribution in [2.45, 2.75) is 37.9 Å². The maximum Gasteiger partial charge on any atom is 0.257 e. The Morgan fingerprint density at radius 2 is 2.05 bits per heavy atom. The van der Waals surface area contributed by atoms with Crippen molar-refractivity contribution in [3.8, 4) is 0 Å². The number of aromatic nitrogens is 2. The van der Waals surface area contributed by atoms with Gasteiger partial charge >= 0.3 is 0 Å². The summed E-state index contributed by atoms with van der Waals surface area (Å²) in [5.41, 5.74) is 0.372. The van der Waals surface area contributed by atoms with Crippen molar-refractivity contribution in [3.05, 3.63) is 11.8 Å². The van der Waals surface area contributed by atoms with Crippen molar-refractivity contribution < 1.29 is 8.42 Å². The van der Waals surface area contributed by atoms with Crippen LogP contribution in [-0.2, 0) is 16.6 Å². The molecule has 0 amide bonds. The molecule has 0 aliphatic carbocycles. The summed E-state index contributed by atoms with van der Waals surface area (Å²) < 4.78 is 27.3. The number of likely N-dealkylation sites (N-methyl/N-ethyl adjacent to an activating group) is 1. The molecule has 0 fully saturated rings. The number of aromatic amines is 1. The highest BCUT2D eigenvalue weighted by atomic mass is 32.2. The second-order valence-electron chi connectivity index (χ2n) is 5.54. The molecule has 0 spiro atoms. The van der Waals surface area contributed by atoms with Gasteiger partial charge in [-0.1, -0.05) is 6.92 Å². The number of hydrogen-bond acceptors (Lipinski definition) is 5. The first-order valence-electron chi connectivity index (χ1n) is 6.60. The third-order valence-electron chi connectivity index (χ3n) is 3.42. The zero-order valence-corrected chi connectivity index (χ0v) is 13.6. The van der Waals surface area contributed by atoms with Crippen LogP contribution in [0.4, 0.5) is 0 Å². The van der Waals surface area contributed by atoms with Gasteiger partial charge in [-0.15, -0.1) is 0 Å². The van der Waals surface area contributed by atoms with E-state index in [0.29, 0.717) is 18.7 Å². The lowest BCUT2D eigenvalue weighted by Gasteiger charge is -2.32. The van der Waals surface area contributed by atoms with Crippen LogP contribution in [0.15, 0.2) is 11.2 Å². The van der Waals surface area contributed by atoms with Crippen LogP contribution in [0.2, 0.25) is 0 Å². The topological polar surface area (TPSA) is 90.1 Å². The zero-order valence-electron chi connectivity index (χ0n) is 12.8.